The van der Waals surface area contributed by atoms with Gasteiger partial charge in [0.15, 0.2) is 0 Å². The smallest absolute Gasteiger partial charge is 0.410 e. The Morgan fingerprint density at radius 3 is 2.38 bits per heavy atom. The van der Waals surface area contributed by atoms with E-state index in [1.165, 1.54) is 4.90 Å². The van der Waals surface area contributed by atoms with Gasteiger partial charge in [-0.3, -0.25) is 4.90 Å². The molecule has 1 unspecified atom stereocenters. The van der Waals surface area contributed by atoms with Crippen molar-refractivity contribution in [1.29, 1.82) is 0 Å². The second-order valence-electron chi connectivity index (χ2n) is 6.75. The van der Waals surface area contributed by atoms with Gasteiger partial charge in [0.25, 0.3) is 0 Å². The summed E-state index contributed by atoms with van der Waals surface area (Å²) in [4.78, 5) is 15.7. The Labute approximate surface area is 154 Å². The van der Waals surface area contributed by atoms with Gasteiger partial charge in [-0.05, 0) is 45.5 Å². The molecule has 136 valence electrons. The number of nitrogens with zero attached hydrogens (tertiary/aromatic N) is 2. The summed E-state index contributed by atoms with van der Waals surface area (Å²) in [5.74, 6) is 0. The number of carbonyl (C=O) groups is 1. The van der Waals surface area contributed by atoms with Crippen molar-refractivity contribution >= 4 is 29.3 Å². The summed E-state index contributed by atoms with van der Waals surface area (Å²) in [5, 5.41) is 10.2. The zero-order valence-electron chi connectivity index (χ0n) is 14.8. The van der Waals surface area contributed by atoms with Gasteiger partial charge in [-0.15, -0.1) is 0 Å². The molecule has 0 heterocycles. The fourth-order valence-corrected chi connectivity index (χ4v) is 2.51. The second-order valence-corrected chi connectivity index (χ2v) is 7.57. The number of hydrogen-bond acceptors (Lipinski definition) is 4. The van der Waals surface area contributed by atoms with Gasteiger partial charge in [-0.25, -0.2) is 4.79 Å². The SMILES string of the molecule is CN(CC(c1ccc(Cl)c(Cl)c1)N(C)CCO)C(=O)OC(C)(C)C. The van der Waals surface area contributed by atoms with Crippen molar-refractivity contribution < 1.29 is 14.6 Å². The number of amides is 1. The van der Waals surface area contributed by atoms with Crippen LogP contribution in [-0.2, 0) is 4.74 Å². The maximum absolute atomic E-state index is 12.2. The maximum atomic E-state index is 12.2. The summed E-state index contributed by atoms with van der Waals surface area (Å²) in [6, 6.07) is 5.23. The van der Waals surface area contributed by atoms with Crippen molar-refractivity contribution in [3.05, 3.63) is 33.8 Å². The molecule has 0 saturated heterocycles. The Bertz CT molecular complexity index is 561. The lowest BCUT2D eigenvalue weighted by Gasteiger charge is -2.32. The molecule has 24 heavy (non-hydrogen) atoms. The van der Waals surface area contributed by atoms with E-state index in [1.54, 1.807) is 19.2 Å². The molecule has 1 N–H and O–H groups in total. The van der Waals surface area contributed by atoms with Gasteiger partial charge in [-0.1, -0.05) is 29.3 Å². The van der Waals surface area contributed by atoms with Crippen LogP contribution in [0.1, 0.15) is 32.4 Å². The first-order valence-electron chi connectivity index (χ1n) is 7.75. The number of likely N-dealkylation sites (N-methyl/N-ethyl adjacent to an activating group) is 2. The molecule has 7 heteroatoms. The molecule has 1 aromatic rings. The highest BCUT2D eigenvalue weighted by Crippen LogP contribution is 2.28. The number of hydrogen-bond donors (Lipinski definition) is 1. The van der Waals surface area contributed by atoms with Crippen molar-refractivity contribution in [2.45, 2.75) is 32.4 Å². The Balaban J connectivity index is 2.97. The number of carbonyl (C=O) groups excluding carboxylic acids is 1. The van der Waals surface area contributed by atoms with Crippen LogP contribution in [0.4, 0.5) is 4.79 Å². The summed E-state index contributed by atoms with van der Waals surface area (Å²) in [6.45, 7) is 6.36. The average Bonchev–Trinajstić information content (AvgIpc) is 2.46. The number of halogens is 2. The van der Waals surface area contributed by atoms with E-state index in [2.05, 4.69) is 0 Å². The van der Waals surface area contributed by atoms with E-state index in [0.29, 0.717) is 23.1 Å². The van der Waals surface area contributed by atoms with Crippen LogP contribution in [0.3, 0.4) is 0 Å². The minimum atomic E-state index is -0.554. The Morgan fingerprint density at radius 2 is 1.88 bits per heavy atom. The first kappa shape index (κ1) is 21.0. The summed E-state index contributed by atoms with van der Waals surface area (Å²) >= 11 is 12.1. The minimum absolute atomic E-state index is 0.0183. The zero-order chi connectivity index (χ0) is 18.5. The molecule has 1 rings (SSSR count). The predicted molar refractivity (Wildman–Crippen MR) is 97.8 cm³/mol. The van der Waals surface area contributed by atoms with E-state index < -0.39 is 11.7 Å². The number of rotatable bonds is 6. The third kappa shape index (κ3) is 6.48. The van der Waals surface area contributed by atoms with Crippen LogP contribution >= 0.6 is 23.2 Å². The lowest BCUT2D eigenvalue weighted by atomic mass is 10.1. The quantitative estimate of drug-likeness (QED) is 0.819. The monoisotopic (exact) mass is 376 g/mol. The molecule has 0 fully saturated rings. The molecule has 0 aromatic heterocycles. The van der Waals surface area contributed by atoms with E-state index >= 15 is 0 Å². The zero-order valence-corrected chi connectivity index (χ0v) is 16.4. The molecule has 0 aliphatic rings. The topological polar surface area (TPSA) is 53.0 Å². The predicted octanol–water partition coefficient (Wildman–Crippen LogP) is 3.83. The van der Waals surface area contributed by atoms with Gasteiger partial charge < -0.3 is 14.7 Å². The van der Waals surface area contributed by atoms with Gasteiger partial charge >= 0.3 is 6.09 Å². The van der Waals surface area contributed by atoms with Crippen LogP contribution in [0.25, 0.3) is 0 Å². The van der Waals surface area contributed by atoms with Gasteiger partial charge in [0, 0.05) is 20.1 Å². The van der Waals surface area contributed by atoms with Crippen molar-refractivity contribution in [2.75, 3.05) is 33.8 Å². The van der Waals surface area contributed by atoms with Crippen LogP contribution < -0.4 is 0 Å². The Morgan fingerprint density at radius 1 is 1.25 bits per heavy atom. The fourth-order valence-electron chi connectivity index (χ4n) is 2.21. The van der Waals surface area contributed by atoms with Crippen molar-refractivity contribution in [1.82, 2.24) is 9.80 Å². The summed E-state index contributed by atoms with van der Waals surface area (Å²) in [5.41, 5.74) is 0.359. The number of aliphatic hydroxyl groups is 1. The van der Waals surface area contributed by atoms with E-state index in [4.69, 9.17) is 27.9 Å². The average molecular weight is 377 g/mol. The molecule has 0 saturated carbocycles. The number of ether oxygens (including phenoxy) is 1. The molecular formula is C17H26Cl2N2O3. The van der Waals surface area contributed by atoms with Crippen molar-refractivity contribution in [2.24, 2.45) is 0 Å². The van der Waals surface area contributed by atoms with E-state index in [1.807, 2.05) is 38.8 Å². The van der Waals surface area contributed by atoms with E-state index in [0.717, 1.165) is 5.56 Å². The lowest BCUT2D eigenvalue weighted by Crippen LogP contribution is -2.40. The Hall–Kier alpha value is -1.01. The van der Waals surface area contributed by atoms with Gasteiger partial charge in [0.05, 0.1) is 22.7 Å². The highest BCUT2D eigenvalue weighted by molar-refractivity contribution is 6.42. The molecule has 0 radical (unpaired) electrons. The first-order chi connectivity index (χ1) is 11.0. The Kier molecular flexibility index (Phi) is 7.80. The fraction of sp³-hybridized carbons (Fsp3) is 0.588. The molecule has 0 bridgehead atoms. The molecule has 5 nitrogen and oxygen atoms in total. The normalized spacial score (nSPS) is 13.0. The van der Waals surface area contributed by atoms with Crippen LogP contribution in [0, 0.1) is 0 Å². The summed E-state index contributed by atoms with van der Waals surface area (Å²) in [7, 11) is 3.57. The molecule has 1 atom stereocenters. The third-order valence-corrected chi connectivity index (χ3v) is 4.20. The maximum Gasteiger partial charge on any atom is 0.410 e. The number of aliphatic hydroxyl groups excluding tert-OH is 1. The first-order valence-corrected chi connectivity index (χ1v) is 8.51. The van der Waals surface area contributed by atoms with Crippen LogP contribution in [0.2, 0.25) is 10.0 Å². The standard InChI is InChI=1S/C17H26Cl2N2O3/c1-17(2,3)24-16(23)21(5)11-15(20(4)8-9-22)12-6-7-13(18)14(19)10-12/h6-7,10,15,22H,8-9,11H2,1-5H3. The van der Waals surface area contributed by atoms with E-state index in [-0.39, 0.29) is 12.6 Å². The highest BCUT2D eigenvalue weighted by Gasteiger charge is 2.25. The van der Waals surface area contributed by atoms with E-state index in [9.17, 15) is 9.90 Å². The summed E-state index contributed by atoms with van der Waals surface area (Å²) < 4.78 is 5.39. The second kappa shape index (κ2) is 8.90. The molecule has 1 aromatic carbocycles. The third-order valence-electron chi connectivity index (χ3n) is 3.47. The molecule has 0 spiro atoms. The highest BCUT2D eigenvalue weighted by atomic mass is 35.5. The largest absolute Gasteiger partial charge is 0.444 e. The van der Waals surface area contributed by atoms with Crippen LogP contribution in [0.5, 0.6) is 0 Å². The number of benzene rings is 1. The van der Waals surface area contributed by atoms with Gasteiger partial charge in [-0.2, -0.15) is 0 Å². The van der Waals surface area contributed by atoms with Crippen LogP contribution in [0.15, 0.2) is 18.2 Å². The minimum Gasteiger partial charge on any atom is -0.444 e. The van der Waals surface area contributed by atoms with Gasteiger partial charge in [0.2, 0.25) is 0 Å². The van der Waals surface area contributed by atoms with Crippen molar-refractivity contribution in [3.63, 3.8) is 0 Å². The van der Waals surface area contributed by atoms with Crippen LogP contribution in [-0.4, -0.2) is 60.4 Å². The molecule has 0 aliphatic carbocycles. The lowest BCUT2D eigenvalue weighted by molar-refractivity contribution is 0.0246. The molecule has 1 amide bonds. The molecular weight excluding hydrogens is 351 g/mol. The van der Waals surface area contributed by atoms with Crippen molar-refractivity contribution in [3.8, 4) is 0 Å². The van der Waals surface area contributed by atoms with Gasteiger partial charge in [0.1, 0.15) is 5.60 Å². The molecule has 0 aliphatic heterocycles. The summed E-state index contributed by atoms with van der Waals surface area (Å²) in [6.07, 6.45) is -0.398.